The molecule has 0 amide bonds. The first kappa shape index (κ1) is 10.6. The second-order valence-electron chi connectivity index (χ2n) is 2.95. The van der Waals surface area contributed by atoms with Crippen LogP contribution < -0.4 is 9.47 Å². The normalized spacial score (nSPS) is 9.57. The lowest BCUT2D eigenvalue weighted by Crippen LogP contribution is -2.03. The predicted octanol–water partition coefficient (Wildman–Crippen LogP) is 2.05. The number of ether oxygens (including phenoxy) is 2. The molecule has 0 heterocycles. The number of ketones is 1. The molecule has 3 nitrogen and oxygen atoms in total. The van der Waals surface area contributed by atoms with E-state index in [-0.39, 0.29) is 5.78 Å². The Morgan fingerprint density at radius 2 is 1.93 bits per heavy atom. The van der Waals surface area contributed by atoms with E-state index in [9.17, 15) is 4.79 Å². The summed E-state index contributed by atoms with van der Waals surface area (Å²) in [7, 11) is 1.59. The Balaban J connectivity index is 2.53. The van der Waals surface area contributed by atoms with Crippen LogP contribution in [0.5, 0.6) is 11.5 Å². The summed E-state index contributed by atoms with van der Waals surface area (Å²) in [6.45, 7) is 1.95. The molecule has 1 rings (SSSR count). The van der Waals surface area contributed by atoms with E-state index in [1.165, 1.54) is 0 Å². The third-order valence-corrected chi connectivity index (χ3v) is 1.78. The van der Waals surface area contributed by atoms with Crippen molar-refractivity contribution >= 4 is 5.78 Å². The highest BCUT2D eigenvalue weighted by Gasteiger charge is 2.02. The lowest BCUT2D eigenvalue weighted by molar-refractivity contribution is -0.117. The van der Waals surface area contributed by atoms with Gasteiger partial charge >= 0.3 is 0 Å². The van der Waals surface area contributed by atoms with Gasteiger partial charge in [-0.25, -0.2) is 0 Å². The number of carbonyl (C=O) groups excluding carboxylic acids is 1. The van der Waals surface area contributed by atoms with E-state index in [0.29, 0.717) is 24.5 Å². The molecule has 0 atom stereocenters. The van der Waals surface area contributed by atoms with Crippen LogP contribution in [0.2, 0.25) is 0 Å². The van der Waals surface area contributed by atoms with Crippen molar-refractivity contribution in [3.63, 3.8) is 0 Å². The summed E-state index contributed by atoms with van der Waals surface area (Å²) in [5.41, 5.74) is 0. The lowest BCUT2D eigenvalue weighted by Gasteiger charge is -2.08. The van der Waals surface area contributed by atoms with Crippen molar-refractivity contribution < 1.29 is 14.3 Å². The van der Waals surface area contributed by atoms with E-state index in [1.807, 2.05) is 24.3 Å². The molecular formula is C11H14O3. The minimum absolute atomic E-state index is 0.125. The van der Waals surface area contributed by atoms with Gasteiger partial charge in [0, 0.05) is 6.42 Å². The molecule has 0 spiro atoms. The van der Waals surface area contributed by atoms with E-state index >= 15 is 0 Å². The Labute approximate surface area is 83.6 Å². The SMILES string of the molecule is COc1ccccc1OCCC(C)=O. The van der Waals surface area contributed by atoms with Crippen molar-refractivity contribution in [3.05, 3.63) is 24.3 Å². The molecule has 0 fully saturated rings. The average Bonchev–Trinajstić information content (AvgIpc) is 2.18. The maximum absolute atomic E-state index is 10.7. The number of para-hydroxylation sites is 2. The van der Waals surface area contributed by atoms with Crippen LogP contribution >= 0.6 is 0 Å². The summed E-state index contributed by atoms with van der Waals surface area (Å²) < 4.78 is 10.5. The summed E-state index contributed by atoms with van der Waals surface area (Å²) in [5, 5.41) is 0. The van der Waals surface area contributed by atoms with Gasteiger partial charge in [-0.05, 0) is 19.1 Å². The molecule has 0 radical (unpaired) electrons. The van der Waals surface area contributed by atoms with Gasteiger partial charge in [0.15, 0.2) is 11.5 Å². The van der Waals surface area contributed by atoms with Crippen LogP contribution in [0.4, 0.5) is 0 Å². The van der Waals surface area contributed by atoms with Gasteiger partial charge < -0.3 is 9.47 Å². The highest BCUT2D eigenvalue weighted by Crippen LogP contribution is 2.25. The van der Waals surface area contributed by atoms with Gasteiger partial charge in [0.1, 0.15) is 5.78 Å². The van der Waals surface area contributed by atoms with Gasteiger partial charge in [-0.2, -0.15) is 0 Å². The minimum Gasteiger partial charge on any atom is -0.493 e. The first-order chi connectivity index (χ1) is 6.74. The largest absolute Gasteiger partial charge is 0.493 e. The predicted molar refractivity (Wildman–Crippen MR) is 53.8 cm³/mol. The quantitative estimate of drug-likeness (QED) is 0.719. The van der Waals surface area contributed by atoms with Gasteiger partial charge in [-0.3, -0.25) is 4.79 Å². The van der Waals surface area contributed by atoms with Crippen LogP contribution in [0, 0.1) is 0 Å². The fourth-order valence-corrected chi connectivity index (χ4v) is 1.04. The Morgan fingerprint density at radius 3 is 2.50 bits per heavy atom. The number of benzene rings is 1. The fourth-order valence-electron chi connectivity index (χ4n) is 1.04. The molecule has 14 heavy (non-hydrogen) atoms. The zero-order valence-corrected chi connectivity index (χ0v) is 8.45. The molecule has 0 saturated heterocycles. The van der Waals surface area contributed by atoms with E-state index in [4.69, 9.17) is 9.47 Å². The van der Waals surface area contributed by atoms with Gasteiger partial charge in [-0.1, -0.05) is 12.1 Å². The van der Waals surface area contributed by atoms with Crippen LogP contribution in [0.25, 0.3) is 0 Å². The van der Waals surface area contributed by atoms with Gasteiger partial charge in [0.05, 0.1) is 13.7 Å². The Bertz CT molecular complexity index is 307. The Morgan fingerprint density at radius 1 is 1.29 bits per heavy atom. The number of Topliss-reactive ketones (excluding diaryl/α,β-unsaturated/α-hetero) is 1. The second-order valence-corrected chi connectivity index (χ2v) is 2.95. The number of hydrogen-bond acceptors (Lipinski definition) is 3. The first-order valence-corrected chi connectivity index (χ1v) is 4.49. The average molecular weight is 194 g/mol. The number of carbonyl (C=O) groups is 1. The van der Waals surface area contributed by atoms with Crippen LogP contribution in [0.3, 0.4) is 0 Å². The summed E-state index contributed by atoms with van der Waals surface area (Å²) >= 11 is 0. The fraction of sp³-hybridized carbons (Fsp3) is 0.364. The lowest BCUT2D eigenvalue weighted by atomic mass is 10.3. The summed E-state index contributed by atoms with van der Waals surface area (Å²) in [5.74, 6) is 1.49. The maximum atomic E-state index is 10.7. The monoisotopic (exact) mass is 194 g/mol. The zero-order chi connectivity index (χ0) is 10.4. The molecule has 0 saturated carbocycles. The van der Waals surface area contributed by atoms with E-state index < -0.39 is 0 Å². The van der Waals surface area contributed by atoms with E-state index in [0.717, 1.165) is 0 Å². The van der Waals surface area contributed by atoms with Gasteiger partial charge in [0.25, 0.3) is 0 Å². The molecule has 1 aromatic rings. The molecule has 0 bridgehead atoms. The standard InChI is InChI=1S/C11H14O3/c1-9(12)7-8-14-11-6-4-3-5-10(11)13-2/h3-6H,7-8H2,1-2H3. The molecule has 0 aliphatic heterocycles. The Kier molecular flexibility index (Phi) is 3.98. The van der Waals surface area contributed by atoms with Gasteiger partial charge in [-0.15, -0.1) is 0 Å². The highest BCUT2D eigenvalue weighted by molar-refractivity contribution is 5.75. The molecule has 0 aliphatic carbocycles. The number of hydrogen-bond donors (Lipinski definition) is 0. The van der Waals surface area contributed by atoms with Crippen LogP contribution in [-0.4, -0.2) is 19.5 Å². The van der Waals surface area contributed by atoms with E-state index in [2.05, 4.69) is 0 Å². The number of methoxy groups -OCH3 is 1. The van der Waals surface area contributed by atoms with Crippen molar-refractivity contribution in [1.29, 1.82) is 0 Å². The third-order valence-electron chi connectivity index (χ3n) is 1.78. The van der Waals surface area contributed by atoms with Crippen molar-refractivity contribution in [2.45, 2.75) is 13.3 Å². The van der Waals surface area contributed by atoms with Crippen molar-refractivity contribution in [3.8, 4) is 11.5 Å². The maximum Gasteiger partial charge on any atom is 0.161 e. The first-order valence-electron chi connectivity index (χ1n) is 4.49. The molecule has 1 aromatic carbocycles. The minimum atomic E-state index is 0.125. The van der Waals surface area contributed by atoms with Crippen LogP contribution in [0.1, 0.15) is 13.3 Å². The zero-order valence-electron chi connectivity index (χ0n) is 8.45. The highest BCUT2D eigenvalue weighted by atomic mass is 16.5. The van der Waals surface area contributed by atoms with Crippen LogP contribution in [-0.2, 0) is 4.79 Å². The Hall–Kier alpha value is -1.51. The molecule has 76 valence electrons. The summed E-state index contributed by atoms with van der Waals surface area (Å²) in [6, 6.07) is 7.38. The smallest absolute Gasteiger partial charge is 0.161 e. The van der Waals surface area contributed by atoms with Crippen LogP contribution in [0.15, 0.2) is 24.3 Å². The number of rotatable bonds is 5. The third kappa shape index (κ3) is 3.09. The molecular weight excluding hydrogens is 180 g/mol. The molecule has 0 N–H and O–H groups in total. The molecule has 3 heteroatoms. The van der Waals surface area contributed by atoms with Crippen molar-refractivity contribution in [1.82, 2.24) is 0 Å². The second kappa shape index (κ2) is 5.27. The van der Waals surface area contributed by atoms with E-state index in [1.54, 1.807) is 14.0 Å². The topological polar surface area (TPSA) is 35.5 Å². The molecule has 0 unspecified atom stereocenters. The summed E-state index contributed by atoms with van der Waals surface area (Å²) in [6.07, 6.45) is 0.429. The molecule has 0 aliphatic rings. The summed E-state index contributed by atoms with van der Waals surface area (Å²) in [4.78, 5) is 10.7. The van der Waals surface area contributed by atoms with Crippen molar-refractivity contribution in [2.24, 2.45) is 0 Å². The van der Waals surface area contributed by atoms with Crippen molar-refractivity contribution in [2.75, 3.05) is 13.7 Å². The molecule has 0 aromatic heterocycles. The van der Waals surface area contributed by atoms with Gasteiger partial charge in [0.2, 0.25) is 0 Å².